The van der Waals surface area contributed by atoms with Crippen molar-refractivity contribution in [3.05, 3.63) is 47.9 Å². The van der Waals surface area contributed by atoms with Gasteiger partial charge in [-0.15, -0.1) is 0 Å². The SMILES string of the molecule is O=Cc1occc1-c1ccc(C(F)(F)F)cc1. The molecule has 1 heterocycles. The van der Waals surface area contributed by atoms with Crippen LogP contribution in [0.1, 0.15) is 16.1 Å². The summed E-state index contributed by atoms with van der Waals surface area (Å²) in [6.07, 6.45) is -2.52. The van der Waals surface area contributed by atoms with Gasteiger partial charge in [-0.2, -0.15) is 13.2 Å². The van der Waals surface area contributed by atoms with Gasteiger partial charge < -0.3 is 4.42 Å². The van der Waals surface area contributed by atoms with Gasteiger partial charge in [-0.05, 0) is 23.8 Å². The van der Waals surface area contributed by atoms with Crippen LogP contribution in [0.5, 0.6) is 0 Å². The number of carbonyl (C=O) groups excluding carboxylic acids is 1. The molecule has 0 amide bonds. The van der Waals surface area contributed by atoms with E-state index < -0.39 is 11.7 Å². The Bertz CT molecular complexity index is 523. The molecular formula is C12H7F3O2. The van der Waals surface area contributed by atoms with E-state index in [4.69, 9.17) is 4.42 Å². The van der Waals surface area contributed by atoms with Crippen LogP contribution in [-0.2, 0) is 6.18 Å². The van der Waals surface area contributed by atoms with Gasteiger partial charge in [-0.3, -0.25) is 4.79 Å². The maximum atomic E-state index is 12.3. The van der Waals surface area contributed by atoms with Gasteiger partial charge in [0, 0.05) is 5.56 Å². The smallest absolute Gasteiger partial charge is 0.416 e. The number of carbonyl (C=O) groups is 1. The van der Waals surface area contributed by atoms with E-state index in [-0.39, 0.29) is 5.76 Å². The molecule has 0 aliphatic heterocycles. The van der Waals surface area contributed by atoms with E-state index in [1.807, 2.05) is 0 Å². The lowest BCUT2D eigenvalue weighted by Gasteiger charge is -2.06. The summed E-state index contributed by atoms with van der Waals surface area (Å²) in [5.41, 5.74) is 0.264. The molecule has 0 atom stereocenters. The molecule has 0 unspecified atom stereocenters. The Labute approximate surface area is 94.7 Å². The molecule has 0 saturated carbocycles. The first-order valence-corrected chi connectivity index (χ1v) is 4.72. The number of alkyl halides is 3. The molecule has 0 radical (unpaired) electrons. The van der Waals surface area contributed by atoms with Gasteiger partial charge in [-0.25, -0.2) is 0 Å². The van der Waals surface area contributed by atoms with Crippen molar-refractivity contribution < 1.29 is 22.4 Å². The Morgan fingerprint density at radius 2 is 1.71 bits per heavy atom. The zero-order valence-electron chi connectivity index (χ0n) is 8.49. The topological polar surface area (TPSA) is 30.2 Å². The Morgan fingerprint density at radius 3 is 2.24 bits per heavy atom. The van der Waals surface area contributed by atoms with Crippen LogP contribution in [0, 0.1) is 0 Å². The molecule has 2 aromatic rings. The third-order valence-electron chi connectivity index (χ3n) is 2.33. The average Bonchev–Trinajstić information content (AvgIpc) is 2.76. The van der Waals surface area contributed by atoms with Crippen molar-refractivity contribution in [3.63, 3.8) is 0 Å². The van der Waals surface area contributed by atoms with Gasteiger partial charge >= 0.3 is 6.18 Å². The lowest BCUT2D eigenvalue weighted by Crippen LogP contribution is -2.04. The second-order valence-electron chi connectivity index (χ2n) is 3.39. The second-order valence-corrected chi connectivity index (χ2v) is 3.39. The molecule has 88 valence electrons. The third-order valence-corrected chi connectivity index (χ3v) is 2.33. The molecule has 0 N–H and O–H groups in total. The van der Waals surface area contributed by atoms with Crippen molar-refractivity contribution in [2.75, 3.05) is 0 Å². The Hall–Kier alpha value is -2.04. The van der Waals surface area contributed by atoms with Crippen LogP contribution in [-0.4, -0.2) is 6.29 Å². The summed E-state index contributed by atoms with van der Waals surface area (Å²) in [5, 5.41) is 0. The van der Waals surface area contributed by atoms with E-state index in [2.05, 4.69) is 0 Å². The van der Waals surface area contributed by atoms with Crippen LogP contribution in [0.2, 0.25) is 0 Å². The summed E-state index contributed by atoms with van der Waals surface area (Å²) in [7, 11) is 0. The lowest BCUT2D eigenvalue weighted by atomic mass is 10.0. The van der Waals surface area contributed by atoms with Gasteiger partial charge in [0.05, 0.1) is 11.8 Å². The highest BCUT2D eigenvalue weighted by Gasteiger charge is 2.30. The Morgan fingerprint density at radius 1 is 1.06 bits per heavy atom. The van der Waals surface area contributed by atoms with Gasteiger partial charge in [-0.1, -0.05) is 12.1 Å². The molecule has 2 nitrogen and oxygen atoms in total. The standard InChI is InChI=1S/C12H7F3O2/c13-12(14,15)9-3-1-8(2-4-9)10-5-6-17-11(10)7-16/h1-7H. The van der Waals surface area contributed by atoms with Crippen molar-refractivity contribution in [1.29, 1.82) is 0 Å². The van der Waals surface area contributed by atoms with Crippen molar-refractivity contribution in [1.82, 2.24) is 0 Å². The number of halogens is 3. The molecule has 0 spiro atoms. The van der Waals surface area contributed by atoms with Crippen LogP contribution in [0.25, 0.3) is 11.1 Å². The zero-order chi connectivity index (χ0) is 12.5. The fourth-order valence-electron chi connectivity index (χ4n) is 1.49. The summed E-state index contributed by atoms with van der Waals surface area (Å²) in [4.78, 5) is 10.6. The van der Waals surface area contributed by atoms with Crippen molar-refractivity contribution >= 4 is 6.29 Å². The first kappa shape index (κ1) is 11.4. The Kier molecular flexibility index (Phi) is 2.75. The number of hydrogen-bond acceptors (Lipinski definition) is 2. The van der Waals surface area contributed by atoms with Gasteiger partial charge in [0.1, 0.15) is 0 Å². The van der Waals surface area contributed by atoms with Crippen molar-refractivity contribution in [3.8, 4) is 11.1 Å². The van der Waals surface area contributed by atoms with Crippen molar-refractivity contribution in [2.24, 2.45) is 0 Å². The molecule has 5 heteroatoms. The molecule has 2 rings (SSSR count). The number of furan rings is 1. The quantitative estimate of drug-likeness (QED) is 0.748. The fraction of sp³-hybridized carbons (Fsp3) is 0.0833. The minimum Gasteiger partial charge on any atom is -0.461 e. The molecule has 1 aromatic carbocycles. The summed E-state index contributed by atoms with van der Waals surface area (Å²) in [6, 6.07) is 6.08. The maximum Gasteiger partial charge on any atom is 0.416 e. The molecule has 1 aromatic heterocycles. The van der Waals surface area contributed by atoms with Gasteiger partial charge in [0.25, 0.3) is 0 Å². The summed E-state index contributed by atoms with van der Waals surface area (Å²) >= 11 is 0. The van der Waals surface area contributed by atoms with E-state index in [1.54, 1.807) is 0 Å². The number of hydrogen-bond donors (Lipinski definition) is 0. The zero-order valence-corrected chi connectivity index (χ0v) is 8.49. The molecule has 0 saturated heterocycles. The van der Waals surface area contributed by atoms with E-state index in [0.29, 0.717) is 17.4 Å². The fourth-order valence-corrected chi connectivity index (χ4v) is 1.49. The summed E-state index contributed by atoms with van der Waals surface area (Å²) < 4.78 is 41.9. The van der Waals surface area contributed by atoms with Gasteiger partial charge in [0.2, 0.25) is 0 Å². The first-order chi connectivity index (χ1) is 8.02. The van der Waals surface area contributed by atoms with E-state index in [0.717, 1.165) is 12.1 Å². The predicted octanol–water partition coefficient (Wildman–Crippen LogP) is 3.78. The molecule has 0 bridgehead atoms. The highest BCUT2D eigenvalue weighted by Crippen LogP contribution is 2.31. The van der Waals surface area contributed by atoms with E-state index in [1.165, 1.54) is 24.5 Å². The van der Waals surface area contributed by atoms with E-state index in [9.17, 15) is 18.0 Å². The lowest BCUT2D eigenvalue weighted by molar-refractivity contribution is -0.137. The monoisotopic (exact) mass is 240 g/mol. The first-order valence-electron chi connectivity index (χ1n) is 4.72. The maximum absolute atomic E-state index is 12.3. The van der Waals surface area contributed by atoms with Crippen molar-refractivity contribution in [2.45, 2.75) is 6.18 Å². The second kappa shape index (κ2) is 4.08. The summed E-state index contributed by atoms with van der Waals surface area (Å²) in [6.45, 7) is 0. The van der Waals surface area contributed by atoms with Crippen LogP contribution in [0.4, 0.5) is 13.2 Å². The largest absolute Gasteiger partial charge is 0.461 e. The minimum atomic E-state index is -4.36. The normalized spacial score (nSPS) is 11.5. The number of rotatable bonds is 2. The van der Waals surface area contributed by atoms with Crippen LogP contribution in [0.15, 0.2) is 41.0 Å². The minimum absolute atomic E-state index is 0.102. The van der Waals surface area contributed by atoms with Gasteiger partial charge in [0.15, 0.2) is 12.0 Å². The highest BCUT2D eigenvalue weighted by molar-refractivity contribution is 5.84. The molecule has 17 heavy (non-hydrogen) atoms. The average molecular weight is 240 g/mol. The predicted molar refractivity (Wildman–Crippen MR) is 54.5 cm³/mol. The summed E-state index contributed by atoms with van der Waals surface area (Å²) in [5.74, 6) is 0.102. The number of benzene rings is 1. The van der Waals surface area contributed by atoms with Crippen LogP contribution in [0.3, 0.4) is 0 Å². The molecule has 0 fully saturated rings. The highest BCUT2D eigenvalue weighted by atomic mass is 19.4. The molecular weight excluding hydrogens is 233 g/mol. The third kappa shape index (κ3) is 2.22. The van der Waals surface area contributed by atoms with Crippen LogP contribution >= 0.6 is 0 Å². The number of aldehydes is 1. The van der Waals surface area contributed by atoms with E-state index >= 15 is 0 Å². The van der Waals surface area contributed by atoms with Crippen LogP contribution < -0.4 is 0 Å². The molecule has 0 aliphatic rings. The molecule has 0 aliphatic carbocycles. The Balaban J connectivity index is 2.39.